The topological polar surface area (TPSA) is 50.2 Å². The van der Waals surface area contributed by atoms with Gasteiger partial charge in [-0.3, -0.25) is 9.36 Å². The maximum Gasteiger partial charge on any atom is 0.418 e. The average molecular weight is 445 g/mol. The molecule has 1 aromatic heterocycles. The summed E-state index contributed by atoms with van der Waals surface area (Å²) in [5, 5.41) is 2.82. The van der Waals surface area contributed by atoms with Crippen LogP contribution >= 0.6 is 0 Å². The Morgan fingerprint density at radius 3 is 2.66 bits per heavy atom. The lowest BCUT2D eigenvalue weighted by atomic mass is 10.1. The molecule has 1 atom stereocenters. The van der Waals surface area contributed by atoms with Crippen molar-refractivity contribution in [3.63, 3.8) is 0 Å². The largest absolute Gasteiger partial charge is 0.418 e. The molecule has 1 aliphatic heterocycles. The van der Waals surface area contributed by atoms with Crippen molar-refractivity contribution in [3.8, 4) is 5.69 Å². The van der Waals surface area contributed by atoms with E-state index in [0.29, 0.717) is 35.4 Å². The van der Waals surface area contributed by atoms with E-state index >= 15 is 0 Å². The summed E-state index contributed by atoms with van der Waals surface area (Å²) < 4.78 is 43.5. The van der Waals surface area contributed by atoms with Gasteiger partial charge in [-0.2, -0.15) is 13.2 Å². The third-order valence-corrected chi connectivity index (χ3v) is 6.13. The first kappa shape index (κ1) is 22.3. The number of para-hydroxylation sites is 2. The number of carbonyl (C=O) groups excluding carboxylic acids is 1. The van der Waals surface area contributed by atoms with Gasteiger partial charge in [0.05, 0.1) is 22.3 Å². The number of rotatable bonds is 5. The Morgan fingerprint density at radius 1 is 1.22 bits per heavy atom. The number of alkyl halides is 3. The first-order valence-corrected chi connectivity index (χ1v) is 10.8. The van der Waals surface area contributed by atoms with Gasteiger partial charge in [0.2, 0.25) is 0 Å². The number of nitrogens with zero attached hydrogens (tertiary/aromatic N) is 3. The highest BCUT2D eigenvalue weighted by Crippen LogP contribution is 2.36. The fourth-order valence-electron chi connectivity index (χ4n) is 4.39. The summed E-state index contributed by atoms with van der Waals surface area (Å²) in [7, 11) is 0. The lowest BCUT2D eigenvalue weighted by Crippen LogP contribution is -2.33. The maximum atomic E-state index is 14.0. The third kappa shape index (κ3) is 4.37. The molecule has 2 aromatic carbocycles. The van der Waals surface area contributed by atoms with Crippen LogP contribution in [0.2, 0.25) is 0 Å². The molecule has 3 aromatic rings. The molecule has 0 bridgehead atoms. The normalized spacial score (nSPS) is 17.4. The number of fused-ring (bicyclic) bond motifs is 1. The van der Waals surface area contributed by atoms with Crippen LogP contribution in [0.4, 0.5) is 13.2 Å². The van der Waals surface area contributed by atoms with Crippen LogP contribution in [0.5, 0.6) is 0 Å². The summed E-state index contributed by atoms with van der Waals surface area (Å²) in [6, 6.07) is 11.2. The number of imidazole rings is 1. The number of carbonyl (C=O) groups is 1. The molecule has 0 aliphatic carbocycles. The Morgan fingerprint density at radius 2 is 1.97 bits per heavy atom. The Labute approximate surface area is 185 Å². The first-order chi connectivity index (χ1) is 15.1. The van der Waals surface area contributed by atoms with Gasteiger partial charge in [0, 0.05) is 24.7 Å². The van der Waals surface area contributed by atoms with E-state index in [1.807, 2.05) is 0 Å². The highest BCUT2D eigenvalue weighted by Gasteiger charge is 2.35. The van der Waals surface area contributed by atoms with Gasteiger partial charge in [-0.1, -0.05) is 12.1 Å². The molecule has 4 rings (SSSR count). The van der Waals surface area contributed by atoms with E-state index in [1.54, 1.807) is 31.2 Å². The van der Waals surface area contributed by atoms with Crippen molar-refractivity contribution in [1.82, 2.24) is 19.8 Å². The number of aryl methyl sites for hydroxylation is 1. The molecular formula is C24H27F3N4O. The van der Waals surface area contributed by atoms with Gasteiger partial charge in [-0.15, -0.1) is 0 Å². The van der Waals surface area contributed by atoms with Crippen LogP contribution < -0.4 is 5.32 Å². The Balaban J connectivity index is 1.61. The van der Waals surface area contributed by atoms with Crippen LogP contribution in [-0.4, -0.2) is 46.0 Å². The van der Waals surface area contributed by atoms with E-state index in [0.717, 1.165) is 25.6 Å². The monoisotopic (exact) mass is 444 g/mol. The minimum Gasteiger partial charge on any atom is -0.352 e. The van der Waals surface area contributed by atoms with Gasteiger partial charge in [-0.05, 0) is 70.0 Å². The Bertz CT molecular complexity index is 1140. The fraction of sp³-hybridized carbons (Fsp3) is 0.417. The summed E-state index contributed by atoms with van der Waals surface area (Å²) in [4.78, 5) is 19.4. The van der Waals surface area contributed by atoms with Crippen LogP contribution in [0.15, 0.2) is 42.5 Å². The molecule has 2 heterocycles. The SMILES string of the molecule is Cc1nc2ccccc2n1-c1ccc(C(=O)NCC2CCN(C(C)C)C2)cc1C(F)(F)F. The lowest BCUT2D eigenvalue weighted by Gasteiger charge is -2.20. The zero-order valence-electron chi connectivity index (χ0n) is 18.4. The molecular weight excluding hydrogens is 417 g/mol. The molecule has 32 heavy (non-hydrogen) atoms. The third-order valence-electron chi connectivity index (χ3n) is 6.13. The van der Waals surface area contributed by atoms with E-state index in [4.69, 9.17) is 0 Å². The Kier molecular flexibility index (Phi) is 5.99. The van der Waals surface area contributed by atoms with Crippen molar-refractivity contribution < 1.29 is 18.0 Å². The second-order valence-corrected chi connectivity index (χ2v) is 8.67. The predicted molar refractivity (Wildman–Crippen MR) is 118 cm³/mol. The van der Waals surface area contributed by atoms with Crippen molar-refractivity contribution in [3.05, 3.63) is 59.4 Å². The second kappa shape index (κ2) is 8.58. The van der Waals surface area contributed by atoms with Crippen molar-refractivity contribution in [2.75, 3.05) is 19.6 Å². The molecule has 1 fully saturated rings. The standard InChI is InChI=1S/C24H27F3N4O/c1-15(2)30-11-10-17(14-30)13-28-23(32)18-8-9-21(19(12-18)24(25,26)27)31-16(3)29-20-6-4-5-7-22(20)31/h4-9,12,15,17H,10-11,13-14H2,1-3H3,(H,28,32). The number of aromatic nitrogens is 2. The molecule has 0 saturated carbocycles. The molecule has 0 radical (unpaired) electrons. The van der Waals surface area contributed by atoms with E-state index in [9.17, 15) is 18.0 Å². The maximum absolute atomic E-state index is 14.0. The van der Waals surface area contributed by atoms with Crippen LogP contribution in [0, 0.1) is 12.8 Å². The molecule has 170 valence electrons. The highest BCUT2D eigenvalue weighted by molar-refractivity contribution is 5.95. The second-order valence-electron chi connectivity index (χ2n) is 8.67. The average Bonchev–Trinajstić information content (AvgIpc) is 3.34. The van der Waals surface area contributed by atoms with Crippen molar-refractivity contribution in [1.29, 1.82) is 0 Å². The number of halogens is 3. The van der Waals surface area contributed by atoms with E-state index < -0.39 is 17.6 Å². The zero-order valence-corrected chi connectivity index (χ0v) is 18.4. The van der Waals surface area contributed by atoms with Crippen molar-refractivity contribution >= 4 is 16.9 Å². The summed E-state index contributed by atoms with van der Waals surface area (Å²) in [6.45, 7) is 8.25. The minimum absolute atomic E-state index is 0.00172. The number of likely N-dealkylation sites (tertiary alicyclic amines) is 1. The molecule has 5 nitrogen and oxygen atoms in total. The van der Waals surface area contributed by atoms with Crippen molar-refractivity contribution in [2.45, 2.75) is 39.4 Å². The zero-order chi connectivity index (χ0) is 23.0. The quantitative estimate of drug-likeness (QED) is 0.614. The van der Waals surface area contributed by atoms with E-state index in [2.05, 4.69) is 29.0 Å². The molecule has 1 N–H and O–H groups in total. The van der Waals surface area contributed by atoms with Crippen LogP contribution in [0.25, 0.3) is 16.7 Å². The first-order valence-electron chi connectivity index (χ1n) is 10.8. The minimum atomic E-state index is -4.62. The molecule has 0 spiro atoms. The van der Waals surface area contributed by atoms with Gasteiger partial charge in [-0.25, -0.2) is 4.98 Å². The number of benzene rings is 2. The van der Waals surface area contributed by atoms with Crippen molar-refractivity contribution in [2.24, 2.45) is 5.92 Å². The van der Waals surface area contributed by atoms with E-state index in [-0.39, 0.29) is 11.3 Å². The lowest BCUT2D eigenvalue weighted by molar-refractivity contribution is -0.137. The molecule has 1 saturated heterocycles. The van der Waals surface area contributed by atoms with Crippen LogP contribution in [0.1, 0.15) is 42.0 Å². The summed E-state index contributed by atoms with van der Waals surface area (Å²) in [5.41, 5.74) is 0.310. The number of hydrogen-bond acceptors (Lipinski definition) is 3. The van der Waals surface area contributed by atoms with Gasteiger partial charge in [0.1, 0.15) is 5.82 Å². The smallest absolute Gasteiger partial charge is 0.352 e. The summed E-state index contributed by atoms with van der Waals surface area (Å²) in [5.74, 6) is 0.268. The molecule has 1 aliphatic rings. The van der Waals surface area contributed by atoms with Gasteiger partial charge in [0.25, 0.3) is 5.91 Å². The molecule has 1 amide bonds. The van der Waals surface area contributed by atoms with Gasteiger partial charge < -0.3 is 10.2 Å². The summed E-state index contributed by atoms with van der Waals surface area (Å²) >= 11 is 0. The van der Waals surface area contributed by atoms with Gasteiger partial charge >= 0.3 is 6.18 Å². The predicted octanol–water partition coefficient (Wildman–Crippen LogP) is 4.81. The number of amides is 1. The molecule has 1 unspecified atom stereocenters. The summed E-state index contributed by atoms with van der Waals surface area (Å²) in [6.07, 6.45) is -3.65. The van der Waals surface area contributed by atoms with Gasteiger partial charge in [0.15, 0.2) is 0 Å². The van der Waals surface area contributed by atoms with Crippen LogP contribution in [-0.2, 0) is 6.18 Å². The fourth-order valence-corrected chi connectivity index (χ4v) is 4.39. The number of hydrogen-bond donors (Lipinski definition) is 1. The number of nitrogens with one attached hydrogen (secondary N) is 1. The van der Waals surface area contributed by atoms with Crippen LogP contribution in [0.3, 0.4) is 0 Å². The molecule has 8 heteroatoms. The van der Waals surface area contributed by atoms with E-state index in [1.165, 1.54) is 16.7 Å². The Hall–Kier alpha value is -2.87. The highest BCUT2D eigenvalue weighted by atomic mass is 19.4.